The summed E-state index contributed by atoms with van der Waals surface area (Å²) in [6.45, 7) is 2.13. The summed E-state index contributed by atoms with van der Waals surface area (Å²) in [6, 6.07) is 19.0. The molecule has 148 valence electrons. The second-order valence-corrected chi connectivity index (χ2v) is 5.87. The molecule has 0 spiro atoms. The molecule has 0 fully saturated rings. The van der Waals surface area contributed by atoms with Crippen LogP contribution in [-0.2, 0) is 9.53 Å². The molecule has 0 atom stereocenters. The van der Waals surface area contributed by atoms with Crippen LogP contribution >= 0.6 is 0 Å². The Labute approximate surface area is 168 Å². The van der Waals surface area contributed by atoms with Gasteiger partial charge in [0.15, 0.2) is 6.61 Å². The number of hydrogen-bond donors (Lipinski definition) is 1. The molecule has 0 bridgehead atoms. The molecule has 0 saturated carbocycles. The normalized spacial score (nSPS) is 10.1. The predicted molar refractivity (Wildman–Crippen MR) is 107 cm³/mol. The molecular weight excluding hydrogens is 372 g/mol. The molecule has 0 radical (unpaired) electrons. The molecule has 7 nitrogen and oxygen atoms in total. The summed E-state index contributed by atoms with van der Waals surface area (Å²) in [5, 5.41) is 2.65. The first-order valence-electron chi connectivity index (χ1n) is 9.03. The molecule has 29 heavy (non-hydrogen) atoms. The fourth-order valence-electron chi connectivity index (χ4n) is 2.40. The van der Waals surface area contributed by atoms with Gasteiger partial charge in [0.05, 0.1) is 6.61 Å². The first kappa shape index (κ1) is 19.9. The molecule has 0 aliphatic carbocycles. The van der Waals surface area contributed by atoms with Crippen LogP contribution in [0, 0.1) is 0 Å². The van der Waals surface area contributed by atoms with Crippen molar-refractivity contribution in [3.63, 3.8) is 0 Å². The number of hydrogen-bond acceptors (Lipinski definition) is 6. The van der Waals surface area contributed by atoms with Gasteiger partial charge in [-0.25, -0.2) is 9.78 Å². The minimum Gasteiger partial charge on any atom is -0.494 e. The van der Waals surface area contributed by atoms with E-state index in [0.29, 0.717) is 23.8 Å². The number of rotatable bonds is 8. The zero-order valence-corrected chi connectivity index (χ0v) is 15.8. The lowest BCUT2D eigenvalue weighted by molar-refractivity contribution is -0.119. The number of pyridine rings is 1. The van der Waals surface area contributed by atoms with Crippen molar-refractivity contribution >= 4 is 17.6 Å². The zero-order valence-electron chi connectivity index (χ0n) is 15.8. The van der Waals surface area contributed by atoms with Gasteiger partial charge in [-0.2, -0.15) is 0 Å². The van der Waals surface area contributed by atoms with Gasteiger partial charge in [-0.1, -0.05) is 6.07 Å². The van der Waals surface area contributed by atoms with Crippen LogP contribution in [0.3, 0.4) is 0 Å². The average Bonchev–Trinajstić information content (AvgIpc) is 2.75. The molecule has 0 aliphatic heterocycles. The molecule has 1 aromatic heterocycles. The van der Waals surface area contributed by atoms with Crippen LogP contribution < -0.4 is 14.8 Å². The molecular formula is C22H20N2O5. The standard InChI is InChI=1S/C22H20N2O5/c1-2-27-17-10-12-19(13-11-17)29-18-8-6-16(7-9-18)24-21(25)15-28-22(26)20-5-3-4-14-23-20/h3-14H,2,15H2,1H3,(H,24,25). The highest BCUT2D eigenvalue weighted by atomic mass is 16.5. The summed E-state index contributed by atoms with van der Waals surface area (Å²) < 4.78 is 16.1. The highest BCUT2D eigenvalue weighted by Crippen LogP contribution is 2.25. The average molecular weight is 392 g/mol. The third-order valence-corrected chi connectivity index (χ3v) is 3.72. The summed E-state index contributed by atoms with van der Waals surface area (Å²) in [5.74, 6) is 0.969. The fourth-order valence-corrected chi connectivity index (χ4v) is 2.40. The van der Waals surface area contributed by atoms with E-state index in [1.807, 2.05) is 31.2 Å². The number of carbonyl (C=O) groups is 2. The number of nitrogens with one attached hydrogen (secondary N) is 1. The first-order chi connectivity index (χ1) is 14.1. The summed E-state index contributed by atoms with van der Waals surface area (Å²) in [4.78, 5) is 27.6. The Hall–Kier alpha value is -3.87. The summed E-state index contributed by atoms with van der Waals surface area (Å²) in [7, 11) is 0. The molecule has 0 aliphatic rings. The van der Waals surface area contributed by atoms with E-state index >= 15 is 0 Å². The van der Waals surface area contributed by atoms with Crippen molar-refractivity contribution in [2.75, 3.05) is 18.5 Å². The van der Waals surface area contributed by atoms with Crippen LogP contribution in [0.5, 0.6) is 17.2 Å². The van der Waals surface area contributed by atoms with Crippen LogP contribution in [0.1, 0.15) is 17.4 Å². The van der Waals surface area contributed by atoms with E-state index in [1.165, 1.54) is 12.3 Å². The van der Waals surface area contributed by atoms with Crippen molar-refractivity contribution in [3.05, 3.63) is 78.6 Å². The molecule has 2 aromatic carbocycles. The molecule has 3 aromatic rings. The number of amides is 1. The maximum absolute atomic E-state index is 12.0. The van der Waals surface area contributed by atoms with Crippen molar-refractivity contribution in [1.29, 1.82) is 0 Å². The van der Waals surface area contributed by atoms with E-state index in [2.05, 4.69) is 10.3 Å². The lowest BCUT2D eigenvalue weighted by Gasteiger charge is -2.09. The fraction of sp³-hybridized carbons (Fsp3) is 0.136. The van der Waals surface area contributed by atoms with Gasteiger partial charge in [0.1, 0.15) is 22.9 Å². The molecule has 7 heteroatoms. The van der Waals surface area contributed by atoms with E-state index < -0.39 is 18.5 Å². The van der Waals surface area contributed by atoms with Crippen molar-refractivity contribution in [3.8, 4) is 17.2 Å². The van der Waals surface area contributed by atoms with Gasteiger partial charge >= 0.3 is 5.97 Å². The maximum atomic E-state index is 12.0. The van der Waals surface area contributed by atoms with Gasteiger partial charge in [0.2, 0.25) is 0 Å². The van der Waals surface area contributed by atoms with E-state index in [0.717, 1.165) is 5.75 Å². The second kappa shape index (κ2) is 9.89. The zero-order chi connectivity index (χ0) is 20.5. The number of nitrogens with zero attached hydrogens (tertiary/aromatic N) is 1. The minimum atomic E-state index is -0.653. The Morgan fingerprint density at radius 1 is 0.897 bits per heavy atom. The number of aromatic nitrogens is 1. The van der Waals surface area contributed by atoms with Gasteiger partial charge in [-0.15, -0.1) is 0 Å². The van der Waals surface area contributed by atoms with Crippen molar-refractivity contribution < 1.29 is 23.8 Å². The van der Waals surface area contributed by atoms with Crippen molar-refractivity contribution in [2.45, 2.75) is 6.92 Å². The summed E-state index contributed by atoms with van der Waals surface area (Å²) >= 11 is 0. The van der Waals surface area contributed by atoms with Gasteiger partial charge in [0.25, 0.3) is 5.91 Å². The summed E-state index contributed by atoms with van der Waals surface area (Å²) in [5.41, 5.74) is 0.707. The Morgan fingerprint density at radius 2 is 1.55 bits per heavy atom. The number of esters is 1. The van der Waals surface area contributed by atoms with Crippen molar-refractivity contribution in [1.82, 2.24) is 4.98 Å². The third-order valence-electron chi connectivity index (χ3n) is 3.72. The van der Waals surface area contributed by atoms with E-state index in [4.69, 9.17) is 14.2 Å². The minimum absolute atomic E-state index is 0.149. The largest absolute Gasteiger partial charge is 0.494 e. The Kier molecular flexibility index (Phi) is 6.78. The number of carbonyl (C=O) groups excluding carboxylic acids is 2. The van der Waals surface area contributed by atoms with Crippen LogP contribution in [0.15, 0.2) is 72.9 Å². The van der Waals surface area contributed by atoms with E-state index in [9.17, 15) is 9.59 Å². The van der Waals surface area contributed by atoms with Crippen LogP contribution in [-0.4, -0.2) is 30.1 Å². The SMILES string of the molecule is CCOc1ccc(Oc2ccc(NC(=O)COC(=O)c3ccccn3)cc2)cc1. The topological polar surface area (TPSA) is 86.8 Å². The molecule has 0 saturated heterocycles. The monoisotopic (exact) mass is 392 g/mol. The van der Waals surface area contributed by atoms with E-state index in [1.54, 1.807) is 36.4 Å². The van der Waals surface area contributed by atoms with E-state index in [-0.39, 0.29) is 5.69 Å². The van der Waals surface area contributed by atoms with Gasteiger partial charge < -0.3 is 19.5 Å². The molecule has 1 heterocycles. The lowest BCUT2D eigenvalue weighted by atomic mass is 10.3. The summed E-state index contributed by atoms with van der Waals surface area (Å²) in [6.07, 6.45) is 1.48. The van der Waals surface area contributed by atoms with Gasteiger partial charge in [0, 0.05) is 11.9 Å². The van der Waals surface area contributed by atoms with Gasteiger partial charge in [-0.3, -0.25) is 4.79 Å². The van der Waals surface area contributed by atoms with Crippen LogP contribution in [0.4, 0.5) is 5.69 Å². The third kappa shape index (κ3) is 6.07. The number of benzene rings is 2. The highest BCUT2D eigenvalue weighted by molar-refractivity contribution is 5.94. The molecule has 0 unspecified atom stereocenters. The smallest absolute Gasteiger partial charge is 0.357 e. The van der Waals surface area contributed by atoms with Crippen LogP contribution in [0.25, 0.3) is 0 Å². The van der Waals surface area contributed by atoms with Crippen LogP contribution in [0.2, 0.25) is 0 Å². The molecule has 1 N–H and O–H groups in total. The Bertz CT molecular complexity index is 941. The van der Waals surface area contributed by atoms with Crippen molar-refractivity contribution in [2.24, 2.45) is 0 Å². The molecule has 3 rings (SSSR count). The first-order valence-corrected chi connectivity index (χ1v) is 9.03. The highest BCUT2D eigenvalue weighted by Gasteiger charge is 2.11. The predicted octanol–water partition coefficient (Wildman–Crippen LogP) is 4.07. The lowest BCUT2D eigenvalue weighted by Crippen LogP contribution is -2.21. The maximum Gasteiger partial charge on any atom is 0.357 e. The quantitative estimate of drug-likeness (QED) is 0.582. The molecule has 1 amide bonds. The number of anilines is 1. The second-order valence-electron chi connectivity index (χ2n) is 5.87. The van der Waals surface area contributed by atoms with Gasteiger partial charge in [-0.05, 0) is 67.6 Å². The Morgan fingerprint density at radius 3 is 2.17 bits per heavy atom. The Balaban J connectivity index is 1.48. The number of ether oxygens (including phenoxy) is 3.